The third kappa shape index (κ3) is 4.42. The number of sulfonamides is 2. The molecule has 2 fully saturated rings. The van der Waals surface area contributed by atoms with E-state index < -0.39 is 26.1 Å². The maximum absolute atomic E-state index is 13.3. The van der Waals surface area contributed by atoms with Crippen LogP contribution < -0.4 is 11.2 Å². The Kier molecular flexibility index (Phi) is 6.62. The van der Waals surface area contributed by atoms with Crippen molar-refractivity contribution >= 4 is 31.8 Å². The van der Waals surface area contributed by atoms with Gasteiger partial charge in [-0.05, 0) is 61.1 Å². The number of nitrogens with two attached hydrogens (primary N) is 1. The van der Waals surface area contributed by atoms with E-state index in [9.17, 15) is 21.6 Å². The van der Waals surface area contributed by atoms with E-state index in [0.717, 1.165) is 38.5 Å². The molecule has 0 unspecified atom stereocenters. The second kappa shape index (κ2) is 9.58. The average molecular weight is 532 g/mol. The van der Waals surface area contributed by atoms with Gasteiger partial charge >= 0.3 is 6.03 Å². The molecule has 5 rings (SSSR count). The SMILES string of the molecule is NC(=O)NN=C1c2cc(S(=O)(=O)N3CCCCC3)ccc2-c2ccc(S(=O)(=O)N3CCCCC3)cc21. The fourth-order valence-electron chi connectivity index (χ4n) is 5.11. The molecule has 0 atom stereocenters. The minimum Gasteiger partial charge on any atom is -0.350 e. The largest absolute Gasteiger partial charge is 0.350 e. The van der Waals surface area contributed by atoms with Crippen molar-refractivity contribution in [3.8, 4) is 11.1 Å². The van der Waals surface area contributed by atoms with Crippen LogP contribution in [0.4, 0.5) is 4.79 Å². The van der Waals surface area contributed by atoms with Gasteiger partial charge in [0.25, 0.3) is 0 Å². The highest BCUT2D eigenvalue weighted by atomic mass is 32.2. The molecular formula is C24H29N5O5S2. The van der Waals surface area contributed by atoms with Gasteiger partial charge in [0.15, 0.2) is 0 Å². The first-order valence-corrected chi connectivity index (χ1v) is 15.0. The predicted molar refractivity (Wildman–Crippen MR) is 135 cm³/mol. The monoisotopic (exact) mass is 531 g/mol. The Hall–Kier alpha value is -2.80. The van der Waals surface area contributed by atoms with Gasteiger partial charge in [0, 0.05) is 37.3 Å². The normalized spacial score (nSPS) is 18.9. The summed E-state index contributed by atoms with van der Waals surface area (Å²) >= 11 is 0. The maximum Gasteiger partial charge on any atom is 0.332 e. The Balaban J connectivity index is 1.58. The number of amides is 2. The van der Waals surface area contributed by atoms with Gasteiger partial charge in [-0.25, -0.2) is 27.1 Å². The van der Waals surface area contributed by atoms with Crippen molar-refractivity contribution in [2.24, 2.45) is 10.8 Å². The topological polar surface area (TPSA) is 142 Å². The summed E-state index contributed by atoms with van der Waals surface area (Å²) in [6, 6.07) is 8.74. The Bertz CT molecular complexity index is 1340. The van der Waals surface area contributed by atoms with E-state index in [1.54, 1.807) is 36.4 Å². The van der Waals surface area contributed by atoms with Crippen molar-refractivity contribution < 1.29 is 21.6 Å². The van der Waals surface area contributed by atoms with Crippen LogP contribution in [0.2, 0.25) is 0 Å². The molecule has 2 aromatic rings. The quantitative estimate of drug-likeness (QED) is 0.486. The van der Waals surface area contributed by atoms with Crippen LogP contribution in [0, 0.1) is 0 Å². The van der Waals surface area contributed by atoms with Gasteiger partial charge in [-0.2, -0.15) is 13.7 Å². The predicted octanol–water partition coefficient (Wildman–Crippen LogP) is 2.44. The third-order valence-corrected chi connectivity index (χ3v) is 10.8. The standard InChI is InChI=1S/C24H29N5O5S2/c25-24(30)27-26-23-21-15-17(35(31,32)28-11-3-1-4-12-28)7-9-19(21)20-10-8-18(16-22(20)23)36(33,34)29-13-5-2-6-14-29/h7-10,15-16H,1-6,11-14H2,(H3,25,27,30). The number of urea groups is 1. The van der Waals surface area contributed by atoms with Crippen LogP contribution in [0.1, 0.15) is 49.7 Å². The van der Waals surface area contributed by atoms with Gasteiger partial charge < -0.3 is 5.73 Å². The van der Waals surface area contributed by atoms with Crippen molar-refractivity contribution in [2.75, 3.05) is 26.2 Å². The number of hydrogen-bond acceptors (Lipinski definition) is 6. The number of carbonyl (C=O) groups is 1. The van der Waals surface area contributed by atoms with Gasteiger partial charge in [0.1, 0.15) is 0 Å². The second-order valence-corrected chi connectivity index (χ2v) is 13.2. The van der Waals surface area contributed by atoms with Gasteiger partial charge in [-0.3, -0.25) is 0 Å². The lowest BCUT2D eigenvalue weighted by atomic mass is 10.1. The molecule has 0 aromatic heterocycles. The average Bonchev–Trinajstić information content (AvgIpc) is 3.20. The molecule has 12 heteroatoms. The molecule has 192 valence electrons. The zero-order chi connectivity index (χ0) is 25.5. The fourth-order valence-corrected chi connectivity index (χ4v) is 8.20. The summed E-state index contributed by atoms with van der Waals surface area (Å²) in [7, 11) is -7.42. The Morgan fingerprint density at radius 2 is 1.11 bits per heavy atom. The molecule has 0 spiro atoms. The number of benzene rings is 2. The lowest BCUT2D eigenvalue weighted by Gasteiger charge is -2.26. The number of nitrogens with one attached hydrogen (secondary N) is 1. The molecule has 2 amide bonds. The maximum atomic E-state index is 13.3. The van der Waals surface area contributed by atoms with Crippen molar-refractivity contribution in [1.29, 1.82) is 0 Å². The first kappa shape index (κ1) is 24.9. The van der Waals surface area contributed by atoms with Crippen LogP contribution in [-0.2, 0) is 20.0 Å². The molecule has 2 heterocycles. The molecule has 10 nitrogen and oxygen atoms in total. The molecule has 2 saturated heterocycles. The highest BCUT2D eigenvalue weighted by Gasteiger charge is 2.33. The minimum atomic E-state index is -3.71. The first-order chi connectivity index (χ1) is 17.2. The van der Waals surface area contributed by atoms with E-state index in [-0.39, 0.29) is 15.5 Å². The van der Waals surface area contributed by atoms with Crippen LogP contribution in [0.3, 0.4) is 0 Å². The molecular weight excluding hydrogens is 502 g/mol. The summed E-state index contributed by atoms with van der Waals surface area (Å²) < 4.78 is 56.2. The number of fused-ring (bicyclic) bond motifs is 3. The Morgan fingerprint density at radius 3 is 1.50 bits per heavy atom. The number of carbonyl (C=O) groups excluding carboxylic acids is 1. The molecule has 0 bridgehead atoms. The Morgan fingerprint density at radius 1 is 0.694 bits per heavy atom. The van der Waals surface area contributed by atoms with E-state index in [1.807, 2.05) is 0 Å². The lowest BCUT2D eigenvalue weighted by Crippen LogP contribution is -2.35. The van der Waals surface area contributed by atoms with Crippen molar-refractivity contribution in [2.45, 2.75) is 48.3 Å². The van der Waals surface area contributed by atoms with E-state index in [0.29, 0.717) is 48.4 Å². The number of nitrogens with zero attached hydrogens (tertiary/aromatic N) is 3. The summed E-state index contributed by atoms with van der Waals surface area (Å²) in [6.07, 6.45) is 5.28. The van der Waals surface area contributed by atoms with Crippen molar-refractivity contribution in [1.82, 2.24) is 14.0 Å². The summed E-state index contributed by atoms with van der Waals surface area (Å²) in [4.78, 5) is 11.7. The molecule has 1 aliphatic carbocycles. The van der Waals surface area contributed by atoms with Gasteiger partial charge in [0.05, 0.1) is 15.5 Å². The number of piperidine rings is 2. The Labute approximate surface area is 211 Å². The van der Waals surface area contributed by atoms with Crippen LogP contribution in [-0.4, -0.2) is 63.4 Å². The first-order valence-electron chi connectivity index (χ1n) is 12.1. The van der Waals surface area contributed by atoms with Gasteiger partial charge in [-0.15, -0.1) is 0 Å². The molecule has 0 radical (unpaired) electrons. The van der Waals surface area contributed by atoms with E-state index in [2.05, 4.69) is 10.5 Å². The van der Waals surface area contributed by atoms with Crippen molar-refractivity contribution in [3.05, 3.63) is 47.5 Å². The smallest absolute Gasteiger partial charge is 0.332 e. The lowest BCUT2D eigenvalue weighted by molar-refractivity contribution is 0.249. The second-order valence-electron chi connectivity index (χ2n) is 9.28. The highest BCUT2D eigenvalue weighted by molar-refractivity contribution is 7.89. The van der Waals surface area contributed by atoms with E-state index >= 15 is 0 Å². The fraction of sp³-hybridized carbons (Fsp3) is 0.417. The zero-order valence-electron chi connectivity index (χ0n) is 19.8. The van der Waals surface area contributed by atoms with E-state index in [4.69, 9.17) is 5.73 Å². The van der Waals surface area contributed by atoms with Gasteiger partial charge in [0.2, 0.25) is 20.0 Å². The number of hydrazone groups is 1. The summed E-state index contributed by atoms with van der Waals surface area (Å²) in [6.45, 7) is 1.90. The summed E-state index contributed by atoms with van der Waals surface area (Å²) in [5, 5.41) is 4.15. The van der Waals surface area contributed by atoms with Crippen molar-refractivity contribution in [3.63, 3.8) is 0 Å². The molecule has 36 heavy (non-hydrogen) atoms. The minimum absolute atomic E-state index is 0.129. The van der Waals surface area contributed by atoms with Crippen LogP contribution >= 0.6 is 0 Å². The molecule has 0 saturated carbocycles. The third-order valence-electron chi connectivity index (χ3n) is 6.97. The summed E-state index contributed by atoms with van der Waals surface area (Å²) in [5.74, 6) is 0. The molecule has 2 aliphatic heterocycles. The highest BCUT2D eigenvalue weighted by Crippen LogP contribution is 2.40. The molecule has 3 N–H and O–H groups in total. The van der Waals surface area contributed by atoms with Crippen LogP contribution in [0.5, 0.6) is 0 Å². The number of rotatable bonds is 5. The number of primary amides is 1. The van der Waals surface area contributed by atoms with Crippen LogP contribution in [0.25, 0.3) is 11.1 Å². The molecule has 3 aliphatic rings. The van der Waals surface area contributed by atoms with E-state index in [1.165, 1.54) is 8.61 Å². The summed E-state index contributed by atoms with van der Waals surface area (Å²) in [5.41, 5.74) is 10.1. The van der Waals surface area contributed by atoms with Crippen LogP contribution in [0.15, 0.2) is 51.3 Å². The molecule has 2 aromatic carbocycles. The number of hydrogen-bond donors (Lipinski definition) is 2. The van der Waals surface area contributed by atoms with Gasteiger partial charge in [-0.1, -0.05) is 25.0 Å². The zero-order valence-corrected chi connectivity index (χ0v) is 21.4.